The van der Waals surface area contributed by atoms with Crippen LogP contribution in [0.1, 0.15) is 5.56 Å². The second kappa shape index (κ2) is 3.84. The summed E-state index contributed by atoms with van der Waals surface area (Å²) in [4.78, 5) is 0. The van der Waals surface area contributed by atoms with Crippen LogP contribution in [0.5, 0.6) is 5.75 Å². The minimum absolute atomic E-state index is 0.369. The standard InChI is InChI=1S/C11H12FN3O/c1-6-10(14-15-11(6)13)8-4-3-7(16-2)5-9(8)12/h3-5H,1-2H3,(H3,13,14,15). The molecule has 0 aliphatic rings. The Labute approximate surface area is 92.2 Å². The summed E-state index contributed by atoms with van der Waals surface area (Å²) < 4.78 is 18.7. The van der Waals surface area contributed by atoms with E-state index in [9.17, 15) is 4.39 Å². The molecule has 16 heavy (non-hydrogen) atoms. The maximum atomic E-state index is 13.7. The molecule has 0 amide bonds. The highest BCUT2D eigenvalue weighted by Gasteiger charge is 2.12. The van der Waals surface area contributed by atoms with E-state index < -0.39 is 0 Å². The van der Waals surface area contributed by atoms with E-state index in [-0.39, 0.29) is 5.82 Å². The van der Waals surface area contributed by atoms with E-state index in [1.165, 1.54) is 13.2 Å². The number of hydrogen-bond donors (Lipinski definition) is 2. The molecule has 84 valence electrons. The maximum absolute atomic E-state index is 13.7. The van der Waals surface area contributed by atoms with E-state index in [0.717, 1.165) is 5.56 Å². The zero-order chi connectivity index (χ0) is 11.7. The number of aromatic nitrogens is 2. The van der Waals surface area contributed by atoms with Crippen LogP contribution in [-0.4, -0.2) is 17.3 Å². The molecule has 5 heteroatoms. The molecule has 0 aliphatic carbocycles. The third-order valence-corrected chi connectivity index (χ3v) is 2.49. The summed E-state index contributed by atoms with van der Waals surface area (Å²) in [6.45, 7) is 1.79. The van der Waals surface area contributed by atoms with Gasteiger partial charge in [0, 0.05) is 17.2 Å². The Morgan fingerprint density at radius 2 is 2.19 bits per heavy atom. The normalized spacial score (nSPS) is 10.4. The van der Waals surface area contributed by atoms with Gasteiger partial charge in [0.15, 0.2) is 0 Å². The van der Waals surface area contributed by atoms with Gasteiger partial charge in [0.05, 0.1) is 12.8 Å². The summed E-state index contributed by atoms with van der Waals surface area (Å²) in [5.41, 5.74) is 7.36. The van der Waals surface area contributed by atoms with Crippen molar-refractivity contribution < 1.29 is 9.13 Å². The van der Waals surface area contributed by atoms with Crippen LogP contribution in [-0.2, 0) is 0 Å². The van der Waals surface area contributed by atoms with Crippen LogP contribution in [0.25, 0.3) is 11.3 Å². The number of H-pyrrole nitrogens is 1. The molecule has 1 aromatic heterocycles. The molecule has 2 aromatic rings. The predicted molar refractivity (Wildman–Crippen MR) is 59.7 cm³/mol. The van der Waals surface area contributed by atoms with Crippen LogP contribution in [0, 0.1) is 12.7 Å². The smallest absolute Gasteiger partial charge is 0.148 e. The van der Waals surface area contributed by atoms with Crippen molar-refractivity contribution in [1.82, 2.24) is 10.2 Å². The molecule has 0 saturated carbocycles. The number of nitrogens with one attached hydrogen (secondary N) is 1. The number of benzene rings is 1. The lowest BCUT2D eigenvalue weighted by Crippen LogP contribution is -1.90. The van der Waals surface area contributed by atoms with Crippen LogP contribution in [0.4, 0.5) is 10.2 Å². The van der Waals surface area contributed by atoms with Crippen LogP contribution < -0.4 is 10.5 Å². The first kappa shape index (κ1) is 10.5. The first-order valence-electron chi connectivity index (χ1n) is 4.78. The Hall–Kier alpha value is -2.04. The average Bonchev–Trinajstić information content (AvgIpc) is 2.60. The molecule has 2 rings (SSSR count). The van der Waals surface area contributed by atoms with Gasteiger partial charge in [0.25, 0.3) is 0 Å². The number of aromatic amines is 1. The second-order valence-electron chi connectivity index (χ2n) is 3.45. The van der Waals surface area contributed by atoms with E-state index in [2.05, 4.69) is 10.2 Å². The van der Waals surface area contributed by atoms with Crippen molar-refractivity contribution in [3.05, 3.63) is 29.6 Å². The molecular formula is C11H12FN3O. The Bertz CT molecular complexity index is 522. The number of ether oxygens (including phenoxy) is 1. The third-order valence-electron chi connectivity index (χ3n) is 2.49. The maximum Gasteiger partial charge on any atom is 0.148 e. The number of nitrogens with two attached hydrogens (primary N) is 1. The van der Waals surface area contributed by atoms with E-state index >= 15 is 0 Å². The number of nitrogen functional groups attached to an aromatic ring is 1. The molecule has 0 bridgehead atoms. The Morgan fingerprint density at radius 3 is 2.69 bits per heavy atom. The molecule has 0 spiro atoms. The Kier molecular flexibility index (Phi) is 2.52. The van der Waals surface area contributed by atoms with E-state index in [1.807, 2.05) is 0 Å². The van der Waals surface area contributed by atoms with Crippen molar-refractivity contribution in [2.75, 3.05) is 12.8 Å². The zero-order valence-corrected chi connectivity index (χ0v) is 9.04. The molecule has 1 heterocycles. The van der Waals surface area contributed by atoms with Crippen LogP contribution in [0.2, 0.25) is 0 Å². The molecule has 0 atom stereocenters. The van der Waals surface area contributed by atoms with Gasteiger partial charge in [0.2, 0.25) is 0 Å². The highest BCUT2D eigenvalue weighted by atomic mass is 19.1. The zero-order valence-electron chi connectivity index (χ0n) is 9.04. The van der Waals surface area contributed by atoms with Crippen LogP contribution >= 0.6 is 0 Å². The fraction of sp³-hybridized carbons (Fsp3) is 0.182. The lowest BCUT2D eigenvalue weighted by Gasteiger charge is -2.04. The first-order valence-corrected chi connectivity index (χ1v) is 4.78. The van der Waals surface area contributed by atoms with E-state index in [4.69, 9.17) is 10.5 Å². The number of halogens is 1. The number of rotatable bonds is 2. The molecule has 0 aliphatic heterocycles. The molecular weight excluding hydrogens is 209 g/mol. The van der Waals surface area contributed by atoms with Crippen molar-refractivity contribution in [2.45, 2.75) is 6.92 Å². The highest BCUT2D eigenvalue weighted by Crippen LogP contribution is 2.28. The predicted octanol–water partition coefficient (Wildman–Crippen LogP) is 2.12. The average molecular weight is 221 g/mol. The van der Waals surface area contributed by atoms with Gasteiger partial charge in [-0.05, 0) is 19.1 Å². The summed E-state index contributed by atoms with van der Waals surface area (Å²) in [6.07, 6.45) is 0. The minimum Gasteiger partial charge on any atom is -0.497 e. The SMILES string of the molecule is COc1ccc(-c2[nH]nc(N)c2C)c(F)c1. The van der Waals surface area contributed by atoms with Crippen molar-refractivity contribution in [1.29, 1.82) is 0 Å². The molecule has 0 radical (unpaired) electrons. The van der Waals surface area contributed by atoms with Gasteiger partial charge in [-0.1, -0.05) is 0 Å². The lowest BCUT2D eigenvalue weighted by molar-refractivity contribution is 0.411. The third kappa shape index (κ3) is 1.60. The summed E-state index contributed by atoms with van der Waals surface area (Å²) in [5.74, 6) is 0.489. The summed E-state index contributed by atoms with van der Waals surface area (Å²) in [5, 5.41) is 6.54. The van der Waals surface area contributed by atoms with Crippen molar-refractivity contribution in [2.24, 2.45) is 0 Å². The Balaban J connectivity index is 2.52. The summed E-state index contributed by atoms with van der Waals surface area (Å²) in [6, 6.07) is 4.65. The van der Waals surface area contributed by atoms with Gasteiger partial charge in [0.1, 0.15) is 17.4 Å². The summed E-state index contributed by atoms with van der Waals surface area (Å²) in [7, 11) is 1.49. The van der Waals surface area contributed by atoms with Gasteiger partial charge in [-0.3, -0.25) is 5.10 Å². The monoisotopic (exact) mass is 221 g/mol. The molecule has 1 aromatic carbocycles. The van der Waals surface area contributed by atoms with Crippen LogP contribution in [0.15, 0.2) is 18.2 Å². The van der Waals surface area contributed by atoms with E-state index in [0.29, 0.717) is 22.8 Å². The van der Waals surface area contributed by atoms with Gasteiger partial charge in [-0.15, -0.1) is 0 Å². The van der Waals surface area contributed by atoms with Gasteiger partial charge >= 0.3 is 0 Å². The van der Waals surface area contributed by atoms with Gasteiger partial charge < -0.3 is 10.5 Å². The highest BCUT2D eigenvalue weighted by molar-refractivity contribution is 5.68. The van der Waals surface area contributed by atoms with Gasteiger partial charge in [-0.25, -0.2) is 4.39 Å². The van der Waals surface area contributed by atoms with Crippen molar-refractivity contribution in [3.8, 4) is 17.0 Å². The van der Waals surface area contributed by atoms with E-state index in [1.54, 1.807) is 19.1 Å². The molecule has 4 nitrogen and oxygen atoms in total. The molecule has 0 saturated heterocycles. The number of nitrogens with zero attached hydrogens (tertiary/aromatic N) is 1. The minimum atomic E-state index is -0.369. The molecule has 0 fully saturated rings. The van der Waals surface area contributed by atoms with Crippen LogP contribution in [0.3, 0.4) is 0 Å². The lowest BCUT2D eigenvalue weighted by atomic mass is 10.1. The van der Waals surface area contributed by atoms with Crippen molar-refractivity contribution in [3.63, 3.8) is 0 Å². The second-order valence-corrected chi connectivity index (χ2v) is 3.45. The first-order chi connectivity index (χ1) is 7.63. The van der Waals surface area contributed by atoms with Gasteiger partial charge in [-0.2, -0.15) is 5.10 Å². The van der Waals surface area contributed by atoms with Crippen molar-refractivity contribution >= 4 is 5.82 Å². The molecule has 3 N–H and O–H groups in total. The number of anilines is 1. The fourth-order valence-electron chi connectivity index (χ4n) is 1.50. The number of methoxy groups -OCH3 is 1. The largest absolute Gasteiger partial charge is 0.497 e. The summed E-state index contributed by atoms with van der Waals surface area (Å²) >= 11 is 0. The fourth-order valence-corrected chi connectivity index (χ4v) is 1.50. The quantitative estimate of drug-likeness (QED) is 0.816. The molecule has 0 unspecified atom stereocenters. The Morgan fingerprint density at radius 1 is 1.44 bits per heavy atom. The number of hydrogen-bond acceptors (Lipinski definition) is 3. The topological polar surface area (TPSA) is 63.9 Å².